The number of hydrazone groups is 1. The summed E-state index contributed by atoms with van der Waals surface area (Å²) in [4.78, 5) is 22.5. The molecule has 0 atom stereocenters. The molecule has 0 aliphatic rings. The van der Waals surface area contributed by atoms with Gasteiger partial charge in [-0.15, -0.1) is 0 Å². The van der Waals surface area contributed by atoms with Crippen molar-refractivity contribution in [2.75, 3.05) is 6.61 Å². The Balaban J connectivity index is 1.52. The third kappa shape index (κ3) is 7.15. The third-order valence-corrected chi connectivity index (χ3v) is 5.09. The largest absolute Gasteiger partial charge is 0.494 e. The molecule has 0 heterocycles. The van der Waals surface area contributed by atoms with Crippen LogP contribution in [0, 0.1) is 10.1 Å². The van der Waals surface area contributed by atoms with Gasteiger partial charge in [-0.3, -0.25) is 14.9 Å². The first kappa shape index (κ1) is 23.9. The van der Waals surface area contributed by atoms with Crippen LogP contribution < -0.4 is 14.9 Å². The van der Waals surface area contributed by atoms with Gasteiger partial charge in [-0.2, -0.15) is 5.10 Å². The predicted octanol–water partition coefficient (Wildman–Crippen LogP) is 5.49. The van der Waals surface area contributed by atoms with Crippen LogP contribution in [-0.2, 0) is 6.61 Å². The molecule has 0 aromatic heterocycles. The van der Waals surface area contributed by atoms with Crippen LogP contribution in [0.3, 0.4) is 0 Å². The predicted molar refractivity (Wildman–Crippen MR) is 129 cm³/mol. The number of benzene rings is 3. The lowest BCUT2D eigenvalue weighted by atomic mass is 10.2. The van der Waals surface area contributed by atoms with Crippen molar-refractivity contribution in [3.63, 3.8) is 0 Å². The number of nitrogens with zero attached hydrogens (tertiary/aromatic N) is 2. The summed E-state index contributed by atoms with van der Waals surface area (Å²) >= 11 is 3.46. The first-order valence-corrected chi connectivity index (χ1v) is 11.0. The maximum atomic E-state index is 12.2. The molecule has 0 unspecified atom stereocenters. The van der Waals surface area contributed by atoms with E-state index in [1.165, 1.54) is 18.3 Å². The van der Waals surface area contributed by atoms with Crippen molar-refractivity contribution in [2.24, 2.45) is 5.10 Å². The summed E-state index contributed by atoms with van der Waals surface area (Å²) < 4.78 is 12.0. The van der Waals surface area contributed by atoms with Gasteiger partial charge in [0.1, 0.15) is 18.1 Å². The normalized spacial score (nSPS) is 10.7. The maximum absolute atomic E-state index is 12.2. The number of ether oxygens (including phenoxy) is 2. The molecular weight excluding hydrogens is 490 g/mol. The highest BCUT2D eigenvalue weighted by Gasteiger charge is 2.07. The van der Waals surface area contributed by atoms with Crippen LogP contribution in [0.5, 0.6) is 11.5 Å². The smallest absolute Gasteiger partial charge is 0.271 e. The van der Waals surface area contributed by atoms with Crippen LogP contribution >= 0.6 is 15.9 Å². The lowest BCUT2D eigenvalue weighted by molar-refractivity contribution is -0.384. The van der Waals surface area contributed by atoms with Gasteiger partial charge >= 0.3 is 0 Å². The number of carbonyl (C=O) groups excluding carboxylic acids is 1. The van der Waals surface area contributed by atoms with Crippen LogP contribution in [-0.4, -0.2) is 23.7 Å². The summed E-state index contributed by atoms with van der Waals surface area (Å²) in [5.74, 6) is 1.01. The molecule has 0 fully saturated rings. The topological polar surface area (TPSA) is 103 Å². The van der Waals surface area contributed by atoms with Crippen molar-refractivity contribution in [3.05, 3.63) is 98.0 Å². The highest BCUT2D eigenvalue weighted by atomic mass is 79.9. The molecule has 3 aromatic rings. The van der Waals surface area contributed by atoms with E-state index in [2.05, 4.69) is 26.5 Å². The van der Waals surface area contributed by atoms with E-state index in [9.17, 15) is 14.9 Å². The average molecular weight is 512 g/mol. The minimum atomic E-state index is -0.441. The fraction of sp³-hybridized carbons (Fsp3) is 0.167. The van der Waals surface area contributed by atoms with Gasteiger partial charge in [0.15, 0.2) is 0 Å². The first-order chi connectivity index (χ1) is 16.0. The van der Waals surface area contributed by atoms with E-state index in [4.69, 9.17) is 9.47 Å². The van der Waals surface area contributed by atoms with E-state index in [0.29, 0.717) is 22.4 Å². The zero-order chi connectivity index (χ0) is 23.6. The van der Waals surface area contributed by atoms with E-state index in [-0.39, 0.29) is 18.2 Å². The SMILES string of the molecule is CCCOc1ccc(C(=O)N/N=C\c2ccc(OCc3ccc([N+](=O)[O-])cc3)c(Br)c2)cc1. The molecule has 8 nitrogen and oxygen atoms in total. The monoisotopic (exact) mass is 511 g/mol. The molecule has 0 radical (unpaired) electrons. The number of amides is 1. The van der Waals surface area contributed by atoms with Gasteiger partial charge in [0, 0.05) is 17.7 Å². The number of halogens is 1. The minimum absolute atomic E-state index is 0.0358. The standard InChI is InChI=1S/C24H22BrN3O5/c1-2-13-32-21-10-6-19(7-11-21)24(29)27-26-15-18-5-12-23(22(25)14-18)33-16-17-3-8-20(9-4-17)28(30)31/h3-12,14-15H,2,13,16H2,1H3,(H,27,29)/b26-15-. The van der Waals surface area contributed by atoms with Crippen LogP contribution in [0.25, 0.3) is 0 Å². The Morgan fingerprint density at radius 2 is 1.82 bits per heavy atom. The van der Waals surface area contributed by atoms with Crippen molar-refractivity contribution in [1.29, 1.82) is 0 Å². The fourth-order valence-corrected chi connectivity index (χ4v) is 3.25. The lowest BCUT2D eigenvalue weighted by Crippen LogP contribution is -2.17. The molecule has 0 aliphatic heterocycles. The Labute approximate surface area is 199 Å². The molecule has 0 saturated carbocycles. The van der Waals surface area contributed by atoms with Gasteiger partial charge in [-0.1, -0.05) is 6.92 Å². The van der Waals surface area contributed by atoms with Crippen LogP contribution in [0.1, 0.15) is 34.8 Å². The van der Waals surface area contributed by atoms with Crippen molar-refractivity contribution in [2.45, 2.75) is 20.0 Å². The Morgan fingerprint density at radius 1 is 1.09 bits per heavy atom. The van der Waals surface area contributed by atoms with E-state index >= 15 is 0 Å². The van der Waals surface area contributed by atoms with Crippen molar-refractivity contribution >= 4 is 33.7 Å². The second-order valence-corrected chi connectivity index (χ2v) is 7.83. The molecule has 0 aliphatic carbocycles. The fourth-order valence-electron chi connectivity index (χ4n) is 2.74. The third-order valence-electron chi connectivity index (χ3n) is 4.47. The van der Waals surface area contributed by atoms with Crippen molar-refractivity contribution in [1.82, 2.24) is 5.43 Å². The Hall–Kier alpha value is -3.72. The van der Waals surface area contributed by atoms with Gasteiger partial charge < -0.3 is 9.47 Å². The molecule has 3 rings (SSSR count). The molecule has 0 saturated heterocycles. The van der Waals surface area contributed by atoms with Crippen molar-refractivity contribution < 1.29 is 19.2 Å². The number of nitro benzene ring substituents is 1. The lowest BCUT2D eigenvalue weighted by Gasteiger charge is -2.09. The quantitative estimate of drug-likeness (QED) is 0.220. The number of hydrogen-bond acceptors (Lipinski definition) is 6. The zero-order valence-corrected chi connectivity index (χ0v) is 19.4. The number of hydrogen-bond donors (Lipinski definition) is 1. The number of carbonyl (C=O) groups is 1. The van der Waals surface area contributed by atoms with Crippen LogP contribution in [0.4, 0.5) is 5.69 Å². The van der Waals surface area contributed by atoms with Crippen LogP contribution in [0.2, 0.25) is 0 Å². The van der Waals surface area contributed by atoms with E-state index in [0.717, 1.165) is 23.3 Å². The summed E-state index contributed by atoms with van der Waals surface area (Å²) in [6.07, 6.45) is 2.45. The van der Waals surface area contributed by atoms with Gasteiger partial charge in [0.2, 0.25) is 0 Å². The summed E-state index contributed by atoms with van der Waals surface area (Å²) in [6, 6.07) is 18.4. The number of nitro groups is 1. The van der Waals surface area contributed by atoms with E-state index < -0.39 is 4.92 Å². The molecule has 1 amide bonds. The van der Waals surface area contributed by atoms with Gasteiger partial charge in [0.05, 0.1) is 22.2 Å². The Kier molecular flexibility index (Phi) is 8.54. The highest BCUT2D eigenvalue weighted by molar-refractivity contribution is 9.10. The van der Waals surface area contributed by atoms with E-state index in [1.54, 1.807) is 54.6 Å². The van der Waals surface area contributed by atoms with Gasteiger partial charge in [-0.25, -0.2) is 5.43 Å². The first-order valence-electron chi connectivity index (χ1n) is 10.2. The molecule has 170 valence electrons. The minimum Gasteiger partial charge on any atom is -0.494 e. The van der Waals surface area contributed by atoms with Gasteiger partial charge in [-0.05, 0) is 88.1 Å². The number of rotatable bonds is 10. The average Bonchev–Trinajstić information content (AvgIpc) is 2.82. The number of nitrogens with one attached hydrogen (secondary N) is 1. The zero-order valence-electron chi connectivity index (χ0n) is 17.9. The molecule has 0 bridgehead atoms. The maximum Gasteiger partial charge on any atom is 0.271 e. The Morgan fingerprint density at radius 3 is 2.45 bits per heavy atom. The highest BCUT2D eigenvalue weighted by Crippen LogP contribution is 2.26. The summed E-state index contributed by atoms with van der Waals surface area (Å²) in [7, 11) is 0. The van der Waals surface area contributed by atoms with Crippen LogP contribution in [0.15, 0.2) is 76.3 Å². The number of non-ortho nitro benzene ring substituents is 1. The van der Waals surface area contributed by atoms with Gasteiger partial charge in [0.25, 0.3) is 11.6 Å². The molecule has 3 aromatic carbocycles. The molecular formula is C24H22BrN3O5. The summed E-state index contributed by atoms with van der Waals surface area (Å²) in [5.41, 5.74) is 4.58. The molecule has 33 heavy (non-hydrogen) atoms. The van der Waals surface area contributed by atoms with Crippen molar-refractivity contribution in [3.8, 4) is 11.5 Å². The molecule has 1 N–H and O–H groups in total. The van der Waals surface area contributed by atoms with E-state index in [1.807, 2.05) is 6.92 Å². The second kappa shape index (κ2) is 11.8. The molecule has 0 spiro atoms. The second-order valence-electron chi connectivity index (χ2n) is 6.97. The summed E-state index contributed by atoms with van der Waals surface area (Å²) in [5, 5.41) is 14.7. The molecule has 9 heteroatoms. The summed E-state index contributed by atoms with van der Waals surface area (Å²) in [6.45, 7) is 2.93. The Bertz CT molecular complexity index is 1130.